The summed E-state index contributed by atoms with van der Waals surface area (Å²) in [7, 11) is 1.83. The van der Waals surface area contributed by atoms with Crippen LogP contribution < -0.4 is 0 Å². The maximum Gasteiger partial charge on any atom is 0.254 e. The highest BCUT2D eigenvalue weighted by Gasteiger charge is 2.24. The Morgan fingerprint density at radius 1 is 1.17 bits per heavy atom. The fraction of sp³-hybridized carbons (Fsp3) is 0.368. The molecule has 2 aromatic rings. The Kier molecular flexibility index (Phi) is 4.04. The number of hydrogen-bond acceptors (Lipinski definition) is 4. The average Bonchev–Trinajstić information content (AvgIpc) is 2.90. The quantitative estimate of drug-likeness (QED) is 0.868. The van der Waals surface area contributed by atoms with Crippen molar-refractivity contribution in [1.82, 2.24) is 14.8 Å². The van der Waals surface area contributed by atoms with E-state index < -0.39 is 0 Å². The van der Waals surface area contributed by atoms with Crippen LogP contribution >= 0.6 is 0 Å². The summed E-state index contributed by atoms with van der Waals surface area (Å²) in [4.78, 5) is 20.7. The first-order valence-corrected chi connectivity index (χ1v) is 8.34. The summed E-state index contributed by atoms with van der Waals surface area (Å²) < 4.78 is 5.38. The number of aromatic nitrogens is 1. The number of morpholine rings is 1. The van der Waals surface area contributed by atoms with Crippen molar-refractivity contribution in [3.8, 4) is 11.3 Å². The van der Waals surface area contributed by atoms with Crippen LogP contribution in [0.2, 0.25) is 0 Å². The Morgan fingerprint density at radius 2 is 2.00 bits per heavy atom. The van der Waals surface area contributed by atoms with E-state index in [2.05, 4.69) is 28.1 Å². The third-order valence-electron chi connectivity index (χ3n) is 4.72. The van der Waals surface area contributed by atoms with Gasteiger partial charge in [-0.3, -0.25) is 14.7 Å². The molecular formula is C19H21N3O2. The van der Waals surface area contributed by atoms with Gasteiger partial charge in [0.05, 0.1) is 18.9 Å². The van der Waals surface area contributed by atoms with Gasteiger partial charge in [0.25, 0.3) is 5.91 Å². The number of amides is 1. The first-order valence-electron chi connectivity index (χ1n) is 8.34. The molecule has 1 fully saturated rings. The zero-order valence-electron chi connectivity index (χ0n) is 13.9. The molecule has 2 aliphatic heterocycles. The summed E-state index contributed by atoms with van der Waals surface area (Å²) in [5.74, 6) is 0.102. The second kappa shape index (κ2) is 6.34. The molecule has 5 nitrogen and oxygen atoms in total. The molecule has 0 N–H and O–H groups in total. The van der Waals surface area contributed by atoms with Crippen molar-refractivity contribution < 1.29 is 9.53 Å². The van der Waals surface area contributed by atoms with Crippen molar-refractivity contribution in [2.24, 2.45) is 0 Å². The van der Waals surface area contributed by atoms with Crippen molar-refractivity contribution >= 4 is 5.91 Å². The third-order valence-corrected chi connectivity index (χ3v) is 4.72. The maximum absolute atomic E-state index is 12.0. The van der Waals surface area contributed by atoms with Crippen LogP contribution in [0.15, 0.2) is 36.5 Å². The van der Waals surface area contributed by atoms with Gasteiger partial charge in [0.2, 0.25) is 0 Å². The van der Waals surface area contributed by atoms with Crippen LogP contribution in [0, 0.1) is 0 Å². The van der Waals surface area contributed by atoms with Crippen LogP contribution in [-0.2, 0) is 17.8 Å². The van der Waals surface area contributed by atoms with Gasteiger partial charge in [-0.2, -0.15) is 0 Å². The summed E-state index contributed by atoms with van der Waals surface area (Å²) in [5, 5.41) is 0. The van der Waals surface area contributed by atoms with E-state index in [4.69, 9.17) is 4.74 Å². The molecule has 1 amide bonds. The number of rotatable bonds is 3. The van der Waals surface area contributed by atoms with Gasteiger partial charge in [0.1, 0.15) is 0 Å². The third kappa shape index (κ3) is 2.92. The number of benzene rings is 1. The minimum Gasteiger partial charge on any atom is -0.379 e. The van der Waals surface area contributed by atoms with Crippen LogP contribution in [0.25, 0.3) is 11.3 Å². The highest BCUT2D eigenvalue weighted by molar-refractivity contribution is 5.98. The maximum atomic E-state index is 12.0. The predicted molar refractivity (Wildman–Crippen MR) is 91.6 cm³/mol. The molecule has 1 saturated heterocycles. The number of fused-ring (bicyclic) bond motifs is 1. The van der Waals surface area contributed by atoms with E-state index in [1.54, 1.807) is 4.90 Å². The smallest absolute Gasteiger partial charge is 0.254 e. The lowest BCUT2D eigenvalue weighted by Crippen LogP contribution is -2.35. The Labute approximate surface area is 141 Å². The first kappa shape index (κ1) is 15.3. The largest absolute Gasteiger partial charge is 0.379 e. The molecule has 1 aromatic carbocycles. The fourth-order valence-electron chi connectivity index (χ4n) is 3.33. The van der Waals surface area contributed by atoms with Gasteiger partial charge < -0.3 is 9.64 Å². The number of pyridine rings is 1. The number of carbonyl (C=O) groups excluding carboxylic acids is 1. The monoisotopic (exact) mass is 323 g/mol. The van der Waals surface area contributed by atoms with E-state index in [1.807, 2.05) is 25.4 Å². The van der Waals surface area contributed by atoms with E-state index in [9.17, 15) is 4.79 Å². The molecule has 3 heterocycles. The normalized spacial score (nSPS) is 18.0. The van der Waals surface area contributed by atoms with Gasteiger partial charge in [0.15, 0.2) is 0 Å². The van der Waals surface area contributed by atoms with Gasteiger partial charge in [-0.1, -0.05) is 12.1 Å². The first-order chi connectivity index (χ1) is 11.7. The molecule has 24 heavy (non-hydrogen) atoms. The van der Waals surface area contributed by atoms with Gasteiger partial charge in [-0.15, -0.1) is 0 Å². The highest BCUT2D eigenvalue weighted by Crippen LogP contribution is 2.27. The van der Waals surface area contributed by atoms with E-state index >= 15 is 0 Å². The minimum absolute atomic E-state index is 0.102. The molecule has 2 aliphatic rings. The number of hydrogen-bond donors (Lipinski definition) is 0. The second-order valence-corrected chi connectivity index (χ2v) is 6.47. The highest BCUT2D eigenvalue weighted by atomic mass is 16.5. The molecule has 0 saturated carbocycles. The molecule has 0 spiro atoms. The molecule has 5 heteroatoms. The standard InChI is InChI=1S/C19H21N3O2/c1-21-13-16-10-15(3-4-17(16)19(21)23)18-5-2-14(11-20-18)12-22-6-8-24-9-7-22/h2-5,10-11H,6-9,12-13H2,1H3. The van der Waals surface area contributed by atoms with E-state index in [0.29, 0.717) is 6.54 Å². The fourth-order valence-corrected chi connectivity index (χ4v) is 3.33. The lowest BCUT2D eigenvalue weighted by Gasteiger charge is -2.26. The molecule has 1 aromatic heterocycles. The van der Waals surface area contributed by atoms with Gasteiger partial charge in [0, 0.05) is 50.6 Å². The summed E-state index contributed by atoms with van der Waals surface area (Å²) >= 11 is 0. The molecule has 0 atom stereocenters. The Morgan fingerprint density at radius 3 is 2.75 bits per heavy atom. The summed E-state index contributed by atoms with van der Waals surface area (Å²) in [5.41, 5.74) is 5.13. The number of ether oxygens (including phenoxy) is 1. The van der Waals surface area contributed by atoms with Gasteiger partial charge >= 0.3 is 0 Å². The Bertz CT molecular complexity index is 752. The van der Waals surface area contributed by atoms with Crippen LogP contribution in [-0.4, -0.2) is 54.0 Å². The van der Waals surface area contributed by atoms with Crippen LogP contribution in [0.3, 0.4) is 0 Å². The molecule has 0 radical (unpaired) electrons. The molecule has 0 bridgehead atoms. The van der Waals surface area contributed by atoms with Crippen LogP contribution in [0.1, 0.15) is 21.5 Å². The number of nitrogens with zero attached hydrogens (tertiary/aromatic N) is 3. The van der Waals surface area contributed by atoms with E-state index in [1.165, 1.54) is 5.56 Å². The van der Waals surface area contributed by atoms with Crippen molar-refractivity contribution in [2.45, 2.75) is 13.1 Å². The molecule has 124 valence electrons. The molecule has 4 rings (SSSR count). The van der Waals surface area contributed by atoms with Gasteiger partial charge in [-0.25, -0.2) is 0 Å². The Hall–Kier alpha value is -2.24. The van der Waals surface area contributed by atoms with Crippen LogP contribution in [0.5, 0.6) is 0 Å². The van der Waals surface area contributed by atoms with Crippen molar-refractivity contribution in [1.29, 1.82) is 0 Å². The van der Waals surface area contributed by atoms with Crippen LogP contribution in [0.4, 0.5) is 0 Å². The zero-order chi connectivity index (χ0) is 16.5. The second-order valence-electron chi connectivity index (χ2n) is 6.47. The zero-order valence-corrected chi connectivity index (χ0v) is 13.9. The predicted octanol–water partition coefficient (Wildman–Crippen LogP) is 2.17. The summed E-state index contributed by atoms with van der Waals surface area (Å²) in [6.45, 7) is 5.18. The summed E-state index contributed by atoms with van der Waals surface area (Å²) in [6, 6.07) is 10.2. The van der Waals surface area contributed by atoms with E-state index in [0.717, 1.165) is 55.2 Å². The molecule has 0 unspecified atom stereocenters. The SMILES string of the molecule is CN1Cc2cc(-c3ccc(CN4CCOCC4)cn3)ccc2C1=O. The Balaban J connectivity index is 1.51. The van der Waals surface area contributed by atoms with Gasteiger partial charge in [-0.05, 0) is 29.3 Å². The van der Waals surface area contributed by atoms with Crippen molar-refractivity contribution in [3.63, 3.8) is 0 Å². The van der Waals surface area contributed by atoms with E-state index in [-0.39, 0.29) is 5.91 Å². The lowest BCUT2D eigenvalue weighted by atomic mass is 10.0. The molecular weight excluding hydrogens is 302 g/mol. The average molecular weight is 323 g/mol. The lowest BCUT2D eigenvalue weighted by molar-refractivity contribution is 0.0341. The molecule has 0 aliphatic carbocycles. The van der Waals surface area contributed by atoms with Crippen molar-refractivity contribution in [3.05, 3.63) is 53.2 Å². The minimum atomic E-state index is 0.102. The number of carbonyl (C=O) groups is 1. The van der Waals surface area contributed by atoms with Crippen molar-refractivity contribution in [2.75, 3.05) is 33.4 Å². The topological polar surface area (TPSA) is 45.7 Å². The summed E-state index contributed by atoms with van der Waals surface area (Å²) in [6.07, 6.45) is 1.95.